The number of halogens is 2. The number of rotatable bonds is 4. The van der Waals surface area contributed by atoms with Crippen molar-refractivity contribution in [2.75, 3.05) is 11.9 Å². The molecule has 0 atom stereocenters. The second-order valence-electron chi connectivity index (χ2n) is 4.23. The normalized spacial score (nSPS) is 10.2. The molecule has 0 heterocycles. The molecule has 0 aliphatic heterocycles. The number of para-hydroxylation sites is 1. The summed E-state index contributed by atoms with van der Waals surface area (Å²) in [6.07, 6.45) is 0. The van der Waals surface area contributed by atoms with E-state index in [1.807, 2.05) is 19.1 Å². The Morgan fingerprint density at radius 2 is 1.95 bits per heavy atom. The van der Waals surface area contributed by atoms with Gasteiger partial charge in [0.05, 0.1) is 5.69 Å². The minimum atomic E-state index is -0.698. The lowest BCUT2D eigenvalue weighted by Gasteiger charge is -2.09. The molecule has 0 saturated carbocycles. The maximum absolute atomic E-state index is 13.3. The Hall–Kier alpha value is -2.43. The van der Waals surface area contributed by atoms with Crippen LogP contribution in [0, 0.1) is 18.6 Å². The molecule has 1 amide bonds. The zero-order valence-electron chi connectivity index (χ0n) is 10.8. The molecule has 3 nitrogen and oxygen atoms in total. The zero-order valence-corrected chi connectivity index (χ0v) is 10.8. The Kier molecular flexibility index (Phi) is 4.30. The summed E-state index contributed by atoms with van der Waals surface area (Å²) in [5.41, 5.74) is 0.681. The third-order valence-electron chi connectivity index (χ3n) is 2.65. The molecule has 0 aromatic heterocycles. The largest absolute Gasteiger partial charge is 0.483 e. The Morgan fingerprint density at radius 1 is 1.20 bits per heavy atom. The molecule has 0 fully saturated rings. The van der Waals surface area contributed by atoms with Crippen LogP contribution in [0.1, 0.15) is 5.56 Å². The molecule has 1 N–H and O–H groups in total. The number of hydrogen-bond acceptors (Lipinski definition) is 2. The van der Waals surface area contributed by atoms with Gasteiger partial charge in [-0.25, -0.2) is 8.78 Å². The van der Waals surface area contributed by atoms with E-state index in [2.05, 4.69) is 5.32 Å². The molecule has 2 aromatic carbocycles. The summed E-state index contributed by atoms with van der Waals surface area (Å²) in [6.45, 7) is 1.57. The van der Waals surface area contributed by atoms with Gasteiger partial charge in [-0.2, -0.15) is 0 Å². The molecule has 0 spiro atoms. The quantitative estimate of drug-likeness (QED) is 0.931. The maximum atomic E-state index is 13.3. The smallest absolute Gasteiger partial charge is 0.262 e. The number of carbonyl (C=O) groups is 1. The SMILES string of the molecule is Cc1ccccc1OCC(=O)Nc1cc(F)ccc1F. The molecule has 2 aromatic rings. The number of amides is 1. The molecular formula is C15H13F2NO2. The van der Waals surface area contributed by atoms with Crippen molar-refractivity contribution in [1.82, 2.24) is 0 Å². The highest BCUT2D eigenvalue weighted by molar-refractivity contribution is 5.92. The van der Waals surface area contributed by atoms with E-state index in [1.54, 1.807) is 12.1 Å². The second-order valence-corrected chi connectivity index (χ2v) is 4.23. The first kappa shape index (κ1) is 14.0. The Morgan fingerprint density at radius 3 is 2.70 bits per heavy atom. The molecule has 5 heteroatoms. The van der Waals surface area contributed by atoms with Gasteiger partial charge in [-0.05, 0) is 30.7 Å². The molecule has 104 valence electrons. The standard InChI is InChI=1S/C15H13F2NO2/c1-10-4-2-3-5-14(10)20-9-15(19)18-13-8-11(16)6-7-12(13)17/h2-8H,9H2,1H3,(H,18,19). The average Bonchev–Trinajstić information content (AvgIpc) is 2.42. The van der Waals surface area contributed by atoms with Gasteiger partial charge in [0.15, 0.2) is 6.61 Å². The van der Waals surface area contributed by atoms with Gasteiger partial charge in [0.25, 0.3) is 5.91 Å². The summed E-state index contributed by atoms with van der Waals surface area (Å²) < 4.78 is 31.6. The van der Waals surface area contributed by atoms with Crippen LogP contribution in [0.4, 0.5) is 14.5 Å². The van der Waals surface area contributed by atoms with Crippen LogP contribution in [0.3, 0.4) is 0 Å². The number of benzene rings is 2. The van der Waals surface area contributed by atoms with Crippen molar-refractivity contribution in [3.05, 3.63) is 59.7 Å². The van der Waals surface area contributed by atoms with Gasteiger partial charge in [0.2, 0.25) is 0 Å². The van der Waals surface area contributed by atoms with Crippen LogP contribution in [-0.4, -0.2) is 12.5 Å². The van der Waals surface area contributed by atoms with Crippen LogP contribution in [0.15, 0.2) is 42.5 Å². The number of hydrogen-bond donors (Lipinski definition) is 1. The van der Waals surface area contributed by atoms with E-state index in [-0.39, 0.29) is 12.3 Å². The number of nitrogens with one attached hydrogen (secondary N) is 1. The molecule has 0 saturated heterocycles. The predicted octanol–water partition coefficient (Wildman–Crippen LogP) is 3.29. The summed E-state index contributed by atoms with van der Waals surface area (Å²) in [5.74, 6) is -1.31. The Bertz CT molecular complexity index is 629. The van der Waals surface area contributed by atoms with Gasteiger partial charge in [0.1, 0.15) is 17.4 Å². The first-order chi connectivity index (χ1) is 9.56. The van der Waals surface area contributed by atoms with E-state index in [9.17, 15) is 13.6 Å². The highest BCUT2D eigenvalue weighted by atomic mass is 19.1. The molecule has 0 aliphatic carbocycles. The maximum Gasteiger partial charge on any atom is 0.262 e. The van der Waals surface area contributed by atoms with Crippen LogP contribution in [0.2, 0.25) is 0 Å². The molecule has 0 bridgehead atoms. The first-order valence-corrected chi connectivity index (χ1v) is 5.99. The van der Waals surface area contributed by atoms with Crippen LogP contribution >= 0.6 is 0 Å². The summed E-state index contributed by atoms with van der Waals surface area (Å²) >= 11 is 0. The fourth-order valence-electron chi connectivity index (χ4n) is 1.64. The van der Waals surface area contributed by atoms with Crippen molar-refractivity contribution < 1.29 is 18.3 Å². The zero-order chi connectivity index (χ0) is 14.5. The monoisotopic (exact) mass is 277 g/mol. The number of aryl methyl sites for hydroxylation is 1. The van der Waals surface area contributed by atoms with Crippen molar-refractivity contribution >= 4 is 11.6 Å². The van der Waals surface area contributed by atoms with Crippen molar-refractivity contribution in [1.29, 1.82) is 0 Å². The van der Waals surface area contributed by atoms with Crippen LogP contribution < -0.4 is 10.1 Å². The van der Waals surface area contributed by atoms with E-state index >= 15 is 0 Å². The van der Waals surface area contributed by atoms with Gasteiger partial charge in [0, 0.05) is 6.07 Å². The molecule has 0 radical (unpaired) electrons. The summed E-state index contributed by atoms with van der Waals surface area (Å²) in [5, 5.41) is 2.26. The summed E-state index contributed by atoms with van der Waals surface area (Å²) in [7, 11) is 0. The van der Waals surface area contributed by atoms with Crippen LogP contribution in [0.25, 0.3) is 0 Å². The highest BCUT2D eigenvalue weighted by Gasteiger charge is 2.09. The van der Waals surface area contributed by atoms with Crippen molar-refractivity contribution in [2.24, 2.45) is 0 Å². The van der Waals surface area contributed by atoms with Crippen molar-refractivity contribution in [2.45, 2.75) is 6.92 Å². The van der Waals surface area contributed by atoms with Crippen molar-refractivity contribution in [3.63, 3.8) is 0 Å². The predicted molar refractivity (Wildman–Crippen MR) is 71.7 cm³/mol. The Balaban J connectivity index is 1.96. The van der Waals surface area contributed by atoms with Gasteiger partial charge < -0.3 is 10.1 Å². The number of carbonyl (C=O) groups excluding carboxylic acids is 1. The first-order valence-electron chi connectivity index (χ1n) is 5.99. The Labute approximate surface area is 115 Å². The molecule has 0 aliphatic rings. The van der Waals surface area contributed by atoms with Gasteiger partial charge in [-0.15, -0.1) is 0 Å². The summed E-state index contributed by atoms with van der Waals surface area (Å²) in [4.78, 5) is 11.6. The molecule has 0 unspecified atom stereocenters. The molecule has 20 heavy (non-hydrogen) atoms. The van der Waals surface area contributed by atoms with E-state index in [1.165, 1.54) is 0 Å². The number of ether oxygens (including phenoxy) is 1. The summed E-state index contributed by atoms with van der Waals surface area (Å²) in [6, 6.07) is 10.1. The minimum Gasteiger partial charge on any atom is -0.483 e. The van der Waals surface area contributed by atoms with Gasteiger partial charge >= 0.3 is 0 Å². The third kappa shape index (κ3) is 3.54. The van der Waals surface area contributed by atoms with E-state index in [0.29, 0.717) is 5.75 Å². The molecular weight excluding hydrogens is 264 g/mol. The van der Waals surface area contributed by atoms with E-state index in [0.717, 1.165) is 23.8 Å². The fourth-order valence-corrected chi connectivity index (χ4v) is 1.64. The second kappa shape index (κ2) is 6.14. The van der Waals surface area contributed by atoms with E-state index in [4.69, 9.17) is 4.74 Å². The number of anilines is 1. The fraction of sp³-hybridized carbons (Fsp3) is 0.133. The van der Waals surface area contributed by atoms with Gasteiger partial charge in [-0.1, -0.05) is 18.2 Å². The molecule has 2 rings (SSSR count). The van der Waals surface area contributed by atoms with E-state index < -0.39 is 17.5 Å². The van der Waals surface area contributed by atoms with Crippen LogP contribution in [0.5, 0.6) is 5.75 Å². The topological polar surface area (TPSA) is 38.3 Å². The lowest BCUT2D eigenvalue weighted by Crippen LogP contribution is -2.21. The van der Waals surface area contributed by atoms with Crippen molar-refractivity contribution in [3.8, 4) is 5.75 Å². The van der Waals surface area contributed by atoms with Gasteiger partial charge in [-0.3, -0.25) is 4.79 Å². The minimum absolute atomic E-state index is 0.205. The van der Waals surface area contributed by atoms with Crippen LogP contribution in [-0.2, 0) is 4.79 Å². The highest BCUT2D eigenvalue weighted by Crippen LogP contribution is 2.17. The third-order valence-corrected chi connectivity index (χ3v) is 2.65. The average molecular weight is 277 g/mol. The lowest BCUT2D eigenvalue weighted by molar-refractivity contribution is -0.118. The lowest BCUT2D eigenvalue weighted by atomic mass is 10.2.